The molecule has 1 aliphatic heterocycles. The van der Waals surface area contributed by atoms with Gasteiger partial charge in [-0.2, -0.15) is 0 Å². The zero-order valence-electron chi connectivity index (χ0n) is 16.2. The van der Waals surface area contributed by atoms with Crippen molar-refractivity contribution in [2.45, 2.75) is 6.92 Å². The van der Waals surface area contributed by atoms with Crippen LogP contribution in [0.4, 0.5) is 17.1 Å². The van der Waals surface area contributed by atoms with Crippen LogP contribution in [0.15, 0.2) is 48.5 Å². The van der Waals surface area contributed by atoms with Crippen molar-refractivity contribution in [2.75, 3.05) is 42.9 Å². The Morgan fingerprint density at radius 2 is 2.03 bits per heavy atom. The van der Waals surface area contributed by atoms with E-state index in [-0.39, 0.29) is 11.6 Å². The molecule has 2 aromatic rings. The molecule has 0 unspecified atom stereocenters. The lowest BCUT2D eigenvalue weighted by Gasteiger charge is -2.34. The van der Waals surface area contributed by atoms with Crippen molar-refractivity contribution < 1.29 is 14.6 Å². The lowest BCUT2D eigenvalue weighted by molar-refractivity contribution is -0.898. The minimum atomic E-state index is -0.463. The number of piperazine rings is 1. The van der Waals surface area contributed by atoms with Crippen LogP contribution in [0.3, 0.4) is 0 Å². The van der Waals surface area contributed by atoms with Crippen LogP contribution in [-0.4, -0.2) is 43.6 Å². The first-order valence-electron chi connectivity index (χ1n) is 9.58. The maximum atomic E-state index is 12.5. The molecule has 0 bridgehead atoms. The van der Waals surface area contributed by atoms with E-state index in [1.807, 2.05) is 12.1 Å². The minimum absolute atomic E-state index is 0.0157. The van der Waals surface area contributed by atoms with Gasteiger partial charge in [-0.05, 0) is 36.8 Å². The number of hydrogen-bond donors (Lipinski definition) is 2. The predicted octanol–water partition coefficient (Wildman–Crippen LogP) is 2.62. The molecule has 2 N–H and O–H groups in total. The number of carbonyl (C=O) groups is 1. The number of nitro groups is 1. The molecule has 152 valence electrons. The summed E-state index contributed by atoms with van der Waals surface area (Å²) in [7, 11) is 0. The van der Waals surface area contributed by atoms with Gasteiger partial charge < -0.3 is 15.1 Å². The van der Waals surface area contributed by atoms with Crippen LogP contribution in [0.5, 0.6) is 0 Å². The fraction of sp³-hybridized carbons (Fsp3) is 0.286. The van der Waals surface area contributed by atoms with Crippen LogP contribution in [0.1, 0.15) is 12.5 Å². The summed E-state index contributed by atoms with van der Waals surface area (Å²) < 4.78 is 0. The molecule has 1 amide bonds. The van der Waals surface area contributed by atoms with Crippen molar-refractivity contribution in [3.05, 3.63) is 69.2 Å². The average Bonchev–Trinajstić information content (AvgIpc) is 2.73. The fourth-order valence-electron chi connectivity index (χ4n) is 3.39. The first kappa shape index (κ1) is 20.8. The highest BCUT2D eigenvalue weighted by Crippen LogP contribution is 2.29. The summed E-state index contributed by atoms with van der Waals surface area (Å²) in [5.41, 5.74) is 2.17. The normalized spacial score (nSPS) is 14.9. The monoisotopic (exact) mass is 415 g/mol. The molecule has 29 heavy (non-hydrogen) atoms. The van der Waals surface area contributed by atoms with E-state index in [4.69, 9.17) is 11.6 Å². The van der Waals surface area contributed by atoms with Crippen molar-refractivity contribution in [3.63, 3.8) is 0 Å². The summed E-state index contributed by atoms with van der Waals surface area (Å²) in [4.78, 5) is 26.7. The van der Waals surface area contributed by atoms with Gasteiger partial charge in [-0.15, -0.1) is 0 Å². The van der Waals surface area contributed by atoms with Crippen molar-refractivity contribution in [1.29, 1.82) is 0 Å². The highest BCUT2D eigenvalue weighted by molar-refractivity contribution is 6.31. The molecule has 0 radical (unpaired) electrons. The third-order valence-electron chi connectivity index (χ3n) is 5.04. The summed E-state index contributed by atoms with van der Waals surface area (Å²) in [6.45, 7) is 7.24. The summed E-state index contributed by atoms with van der Waals surface area (Å²) in [5, 5.41) is 14.3. The van der Waals surface area contributed by atoms with E-state index < -0.39 is 4.92 Å². The van der Waals surface area contributed by atoms with Gasteiger partial charge in [0.1, 0.15) is 0 Å². The Morgan fingerprint density at radius 3 is 2.72 bits per heavy atom. The number of benzene rings is 2. The Hall–Kier alpha value is -2.90. The van der Waals surface area contributed by atoms with Crippen molar-refractivity contribution in [1.82, 2.24) is 0 Å². The number of non-ortho nitro benzene ring substituents is 1. The van der Waals surface area contributed by atoms with E-state index in [0.29, 0.717) is 16.3 Å². The number of anilines is 2. The second-order valence-corrected chi connectivity index (χ2v) is 7.36. The van der Waals surface area contributed by atoms with Gasteiger partial charge >= 0.3 is 0 Å². The maximum absolute atomic E-state index is 12.5. The van der Waals surface area contributed by atoms with Gasteiger partial charge in [0.15, 0.2) is 0 Å². The number of halogens is 1. The largest absolute Gasteiger partial charge is 0.359 e. The molecule has 0 aromatic heterocycles. The number of rotatable bonds is 6. The number of hydrogen-bond acceptors (Lipinski definition) is 4. The maximum Gasteiger partial charge on any atom is 0.270 e. The molecule has 1 fully saturated rings. The Bertz CT molecular complexity index is 924. The second-order valence-electron chi connectivity index (χ2n) is 6.93. The van der Waals surface area contributed by atoms with E-state index in [1.54, 1.807) is 29.2 Å². The van der Waals surface area contributed by atoms with Crippen LogP contribution < -0.4 is 15.1 Å². The van der Waals surface area contributed by atoms with Gasteiger partial charge in [-0.25, -0.2) is 0 Å². The fourth-order valence-corrected chi connectivity index (χ4v) is 3.56. The number of likely N-dealkylation sites (N-methyl/N-ethyl adjacent to an activating group) is 1. The molecule has 0 aliphatic carbocycles. The van der Waals surface area contributed by atoms with E-state index in [1.165, 1.54) is 18.2 Å². The van der Waals surface area contributed by atoms with Crippen molar-refractivity contribution >= 4 is 40.6 Å². The highest BCUT2D eigenvalue weighted by Gasteiger charge is 2.21. The SMILES string of the molecule is CC[NH+]1CCN(c2ccc(Cl)cc2NC(=O)/C=C/c2cccc([N+](=O)[O-])c2)CC1. The number of nitrogens with zero attached hydrogens (tertiary/aromatic N) is 2. The van der Waals surface area contributed by atoms with Gasteiger partial charge in [0.25, 0.3) is 5.69 Å². The Balaban J connectivity index is 1.72. The van der Waals surface area contributed by atoms with E-state index >= 15 is 0 Å². The van der Waals surface area contributed by atoms with Crippen molar-refractivity contribution in [2.24, 2.45) is 0 Å². The summed E-state index contributed by atoms with van der Waals surface area (Å²) >= 11 is 6.15. The van der Waals surface area contributed by atoms with Crippen molar-refractivity contribution in [3.8, 4) is 0 Å². The Kier molecular flexibility index (Phi) is 6.85. The molecule has 1 saturated heterocycles. The van der Waals surface area contributed by atoms with Crippen LogP contribution in [0.2, 0.25) is 5.02 Å². The summed E-state index contributed by atoms with van der Waals surface area (Å²) in [6, 6.07) is 11.6. The summed E-state index contributed by atoms with van der Waals surface area (Å²) in [5.74, 6) is -0.321. The van der Waals surface area contributed by atoms with E-state index in [9.17, 15) is 14.9 Å². The molecular formula is C21H24ClN4O3+. The van der Waals surface area contributed by atoms with Crippen LogP contribution in [0.25, 0.3) is 6.08 Å². The molecule has 8 heteroatoms. The van der Waals surface area contributed by atoms with E-state index in [2.05, 4.69) is 17.1 Å². The van der Waals surface area contributed by atoms with Gasteiger partial charge in [0.2, 0.25) is 5.91 Å². The van der Waals surface area contributed by atoms with Gasteiger partial charge in [0, 0.05) is 23.2 Å². The smallest absolute Gasteiger partial charge is 0.270 e. The Morgan fingerprint density at radius 1 is 1.28 bits per heavy atom. The minimum Gasteiger partial charge on any atom is -0.359 e. The zero-order chi connectivity index (χ0) is 20.8. The molecule has 0 atom stereocenters. The molecule has 3 rings (SSSR count). The standard InChI is InChI=1S/C21H23ClN4O3/c1-2-24-10-12-25(13-11-24)20-8-7-17(22)15-19(20)23-21(27)9-6-16-4-3-5-18(14-16)26(28)29/h3-9,14-15H,2,10-13H2,1H3,(H,23,27)/p+1/b9-6+. The quantitative estimate of drug-likeness (QED) is 0.432. The molecular weight excluding hydrogens is 392 g/mol. The lowest BCUT2D eigenvalue weighted by Crippen LogP contribution is -3.14. The first-order chi connectivity index (χ1) is 14.0. The Labute approximate surface area is 174 Å². The van der Waals surface area contributed by atoms with Gasteiger partial charge in [-0.3, -0.25) is 14.9 Å². The molecule has 0 spiro atoms. The second kappa shape index (κ2) is 9.54. The molecule has 0 saturated carbocycles. The number of nitrogens with one attached hydrogen (secondary N) is 2. The van der Waals surface area contributed by atoms with Gasteiger partial charge in [0.05, 0.1) is 49.0 Å². The van der Waals surface area contributed by atoms with E-state index in [0.717, 1.165) is 38.4 Å². The number of quaternary nitrogens is 1. The molecule has 7 nitrogen and oxygen atoms in total. The first-order valence-corrected chi connectivity index (χ1v) is 9.95. The zero-order valence-corrected chi connectivity index (χ0v) is 17.0. The topological polar surface area (TPSA) is 79.9 Å². The molecule has 2 aromatic carbocycles. The average molecular weight is 416 g/mol. The van der Waals surface area contributed by atoms with Crippen LogP contribution in [0, 0.1) is 10.1 Å². The van der Waals surface area contributed by atoms with Gasteiger partial charge in [-0.1, -0.05) is 23.7 Å². The number of nitro benzene ring substituents is 1. The van der Waals surface area contributed by atoms with Crippen LogP contribution in [-0.2, 0) is 4.79 Å². The lowest BCUT2D eigenvalue weighted by atomic mass is 10.2. The number of carbonyl (C=O) groups excluding carboxylic acids is 1. The highest BCUT2D eigenvalue weighted by atomic mass is 35.5. The number of amides is 1. The molecule has 1 heterocycles. The third-order valence-corrected chi connectivity index (χ3v) is 5.27. The third kappa shape index (κ3) is 5.56. The molecule has 1 aliphatic rings. The van der Waals surface area contributed by atoms with Crippen LogP contribution >= 0.6 is 11.6 Å². The summed E-state index contributed by atoms with van der Waals surface area (Å²) in [6.07, 6.45) is 2.92. The predicted molar refractivity (Wildman–Crippen MR) is 116 cm³/mol.